The van der Waals surface area contributed by atoms with E-state index in [0.29, 0.717) is 41.7 Å². The van der Waals surface area contributed by atoms with Crippen LogP contribution in [0.1, 0.15) is 24.2 Å². The molecule has 0 saturated carbocycles. The Kier molecular flexibility index (Phi) is 5.26. The summed E-state index contributed by atoms with van der Waals surface area (Å²) in [5.41, 5.74) is 1.93. The van der Waals surface area contributed by atoms with E-state index in [1.54, 1.807) is 18.3 Å². The van der Waals surface area contributed by atoms with Gasteiger partial charge in [-0.15, -0.1) is 0 Å². The van der Waals surface area contributed by atoms with Crippen molar-refractivity contribution < 1.29 is 19.0 Å². The highest BCUT2D eigenvalue weighted by atomic mass is 16.5. The number of H-pyrrole nitrogens is 1. The second-order valence-corrected chi connectivity index (χ2v) is 5.49. The molecule has 1 heterocycles. The quantitative estimate of drug-likeness (QED) is 0.676. The zero-order chi connectivity index (χ0) is 18.5. The third kappa shape index (κ3) is 3.56. The Morgan fingerprint density at radius 3 is 2.50 bits per heavy atom. The Labute approximate surface area is 151 Å². The van der Waals surface area contributed by atoms with Gasteiger partial charge in [0.15, 0.2) is 11.5 Å². The van der Waals surface area contributed by atoms with E-state index in [2.05, 4.69) is 15.5 Å². The van der Waals surface area contributed by atoms with Gasteiger partial charge in [-0.05, 0) is 32.0 Å². The lowest BCUT2D eigenvalue weighted by atomic mass is 10.1. The van der Waals surface area contributed by atoms with E-state index in [0.717, 1.165) is 10.9 Å². The molecule has 1 amide bonds. The number of benzene rings is 2. The van der Waals surface area contributed by atoms with Crippen molar-refractivity contribution in [2.75, 3.05) is 25.6 Å². The fraction of sp³-hybridized carbons (Fsp3) is 0.263. The summed E-state index contributed by atoms with van der Waals surface area (Å²) in [6.07, 6.45) is 1.70. The number of anilines is 1. The van der Waals surface area contributed by atoms with Gasteiger partial charge in [0.1, 0.15) is 5.75 Å². The number of aromatic nitrogens is 2. The number of carbonyl (C=O) groups is 1. The SMILES string of the molecule is CCOc1cc(OC)c(C(=O)Nc2ccc3[nH]ncc3c2)cc1OCC. The Balaban J connectivity index is 1.92. The van der Waals surface area contributed by atoms with E-state index in [4.69, 9.17) is 14.2 Å². The smallest absolute Gasteiger partial charge is 0.259 e. The molecule has 0 unspecified atom stereocenters. The first kappa shape index (κ1) is 17.6. The molecule has 7 heteroatoms. The molecule has 7 nitrogen and oxygen atoms in total. The van der Waals surface area contributed by atoms with Crippen LogP contribution in [0.2, 0.25) is 0 Å². The predicted octanol–water partition coefficient (Wildman–Crippen LogP) is 3.62. The zero-order valence-corrected chi connectivity index (χ0v) is 15.0. The average Bonchev–Trinajstić information content (AvgIpc) is 3.10. The van der Waals surface area contributed by atoms with Crippen LogP contribution in [0.3, 0.4) is 0 Å². The van der Waals surface area contributed by atoms with Crippen LogP contribution < -0.4 is 19.5 Å². The van der Waals surface area contributed by atoms with Crippen LogP contribution in [-0.2, 0) is 0 Å². The number of amides is 1. The van der Waals surface area contributed by atoms with Crippen molar-refractivity contribution in [2.24, 2.45) is 0 Å². The third-order valence-electron chi connectivity index (χ3n) is 3.81. The fourth-order valence-corrected chi connectivity index (χ4v) is 2.64. The van der Waals surface area contributed by atoms with E-state index < -0.39 is 0 Å². The van der Waals surface area contributed by atoms with Gasteiger partial charge in [0, 0.05) is 23.2 Å². The summed E-state index contributed by atoms with van der Waals surface area (Å²) in [5, 5.41) is 10.6. The number of hydrogen-bond donors (Lipinski definition) is 2. The lowest BCUT2D eigenvalue weighted by Crippen LogP contribution is -2.14. The summed E-state index contributed by atoms with van der Waals surface area (Å²) < 4.78 is 16.6. The number of ether oxygens (including phenoxy) is 3. The van der Waals surface area contributed by atoms with Crippen molar-refractivity contribution in [1.29, 1.82) is 0 Å². The number of methoxy groups -OCH3 is 1. The first-order valence-corrected chi connectivity index (χ1v) is 8.38. The van der Waals surface area contributed by atoms with Gasteiger partial charge < -0.3 is 19.5 Å². The van der Waals surface area contributed by atoms with Crippen LogP contribution >= 0.6 is 0 Å². The molecule has 0 atom stereocenters. The Morgan fingerprint density at radius 2 is 1.81 bits per heavy atom. The zero-order valence-electron chi connectivity index (χ0n) is 15.0. The van der Waals surface area contributed by atoms with Crippen molar-refractivity contribution in [3.8, 4) is 17.2 Å². The second kappa shape index (κ2) is 7.77. The molecule has 0 aliphatic heterocycles. The first-order chi connectivity index (χ1) is 12.7. The maximum Gasteiger partial charge on any atom is 0.259 e. The largest absolute Gasteiger partial charge is 0.496 e. The molecule has 3 aromatic rings. The van der Waals surface area contributed by atoms with Crippen LogP contribution in [0.25, 0.3) is 10.9 Å². The maximum atomic E-state index is 12.8. The molecule has 0 aliphatic rings. The number of aromatic amines is 1. The van der Waals surface area contributed by atoms with Gasteiger partial charge in [0.2, 0.25) is 0 Å². The maximum absolute atomic E-state index is 12.8. The molecule has 3 rings (SSSR count). The standard InChI is InChI=1S/C19H21N3O4/c1-4-25-17-9-14(16(24-3)10-18(17)26-5-2)19(23)21-13-6-7-15-12(8-13)11-20-22-15/h6-11H,4-5H2,1-3H3,(H,20,22)(H,21,23). The molecule has 0 aliphatic carbocycles. The van der Waals surface area contributed by atoms with Gasteiger partial charge in [-0.25, -0.2) is 0 Å². The van der Waals surface area contributed by atoms with E-state index in [1.165, 1.54) is 7.11 Å². The van der Waals surface area contributed by atoms with Gasteiger partial charge >= 0.3 is 0 Å². The molecule has 26 heavy (non-hydrogen) atoms. The summed E-state index contributed by atoms with van der Waals surface area (Å²) in [6, 6.07) is 8.82. The van der Waals surface area contributed by atoms with Crippen molar-refractivity contribution in [3.05, 3.63) is 42.1 Å². The van der Waals surface area contributed by atoms with Crippen LogP contribution in [0.15, 0.2) is 36.5 Å². The Morgan fingerprint density at radius 1 is 1.08 bits per heavy atom. The van der Waals surface area contributed by atoms with E-state index in [9.17, 15) is 4.79 Å². The van der Waals surface area contributed by atoms with Crippen molar-refractivity contribution in [2.45, 2.75) is 13.8 Å². The summed E-state index contributed by atoms with van der Waals surface area (Å²) in [5.74, 6) is 1.17. The van der Waals surface area contributed by atoms with Crippen LogP contribution in [-0.4, -0.2) is 36.4 Å². The van der Waals surface area contributed by atoms with Gasteiger partial charge in [-0.1, -0.05) is 0 Å². The summed E-state index contributed by atoms with van der Waals surface area (Å²) in [6.45, 7) is 4.71. The van der Waals surface area contributed by atoms with Crippen LogP contribution in [0, 0.1) is 0 Å². The highest BCUT2D eigenvalue weighted by molar-refractivity contribution is 6.07. The minimum atomic E-state index is -0.298. The molecule has 2 N–H and O–H groups in total. The van der Waals surface area contributed by atoms with Crippen molar-refractivity contribution in [3.63, 3.8) is 0 Å². The average molecular weight is 355 g/mol. The third-order valence-corrected chi connectivity index (χ3v) is 3.81. The minimum absolute atomic E-state index is 0.298. The number of carbonyl (C=O) groups excluding carboxylic acids is 1. The fourth-order valence-electron chi connectivity index (χ4n) is 2.64. The molecule has 0 spiro atoms. The molecular weight excluding hydrogens is 334 g/mol. The van der Waals surface area contributed by atoms with Crippen molar-refractivity contribution in [1.82, 2.24) is 10.2 Å². The van der Waals surface area contributed by atoms with Gasteiger partial charge in [-0.3, -0.25) is 9.89 Å². The topological polar surface area (TPSA) is 85.5 Å². The highest BCUT2D eigenvalue weighted by Gasteiger charge is 2.18. The van der Waals surface area contributed by atoms with Crippen LogP contribution in [0.5, 0.6) is 17.2 Å². The van der Waals surface area contributed by atoms with E-state index in [1.807, 2.05) is 32.0 Å². The molecule has 0 saturated heterocycles. The highest BCUT2D eigenvalue weighted by Crippen LogP contribution is 2.35. The number of fused-ring (bicyclic) bond motifs is 1. The molecular formula is C19H21N3O4. The summed E-state index contributed by atoms with van der Waals surface area (Å²) in [7, 11) is 1.51. The molecule has 136 valence electrons. The van der Waals surface area contributed by atoms with Crippen LogP contribution in [0.4, 0.5) is 5.69 Å². The number of nitrogens with one attached hydrogen (secondary N) is 2. The molecule has 0 radical (unpaired) electrons. The summed E-state index contributed by atoms with van der Waals surface area (Å²) in [4.78, 5) is 12.8. The number of hydrogen-bond acceptors (Lipinski definition) is 5. The Hall–Kier alpha value is -3.22. The minimum Gasteiger partial charge on any atom is -0.496 e. The molecule has 1 aromatic heterocycles. The monoisotopic (exact) mass is 355 g/mol. The molecule has 0 fully saturated rings. The van der Waals surface area contributed by atoms with Gasteiger partial charge in [0.05, 0.1) is 37.6 Å². The summed E-state index contributed by atoms with van der Waals surface area (Å²) >= 11 is 0. The Bertz CT molecular complexity index is 920. The van der Waals surface area contributed by atoms with E-state index in [-0.39, 0.29) is 5.91 Å². The molecule has 2 aromatic carbocycles. The number of nitrogens with zero attached hydrogens (tertiary/aromatic N) is 1. The van der Waals surface area contributed by atoms with Gasteiger partial charge in [-0.2, -0.15) is 5.10 Å². The first-order valence-electron chi connectivity index (χ1n) is 8.38. The van der Waals surface area contributed by atoms with E-state index >= 15 is 0 Å². The molecule has 0 bridgehead atoms. The normalized spacial score (nSPS) is 10.6. The lowest BCUT2D eigenvalue weighted by Gasteiger charge is -2.15. The lowest BCUT2D eigenvalue weighted by molar-refractivity contribution is 0.102. The van der Waals surface area contributed by atoms with Gasteiger partial charge in [0.25, 0.3) is 5.91 Å². The van der Waals surface area contributed by atoms with Crippen molar-refractivity contribution >= 4 is 22.5 Å². The second-order valence-electron chi connectivity index (χ2n) is 5.49. The number of rotatable bonds is 7. The predicted molar refractivity (Wildman–Crippen MR) is 99.4 cm³/mol.